The molecule has 1 aliphatic carbocycles. The predicted octanol–water partition coefficient (Wildman–Crippen LogP) is 2.37. The number of benzene rings is 1. The lowest BCUT2D eigenvalue weighted by atomic mass is 9.65. The Bertz CT molecular complexity index is 655. The number of ether oxygens (including phenoxy) is 1. The molecule has 2 atom stereocenters. The molecule has 0 spiro atoms. The molecule has 6 heteroatoms. The van der Waals surface area contributed by atoms with E-state index in [1.165, 1.54) is 0 Å². The number of hydrogen-bond donors (Lipinski definition) is 2. The number of carbonyl (C=O) groups is 3. The van der Waals surface area contributed by atoms with Gasteiger partial charge in [0.15, 0.2) is 0 Å². The molecular formula is C19H25NO5. The highest BCUT2D eigenvalue weighted by Gasteiger charge is 2.58. The molecule has 0 unspecified atom stereocenters. The Kier molecular flexibility index (Phi) is 5.50. The second kappa shape index (κ2) is 7.25. The van der Waals surface area contributed by atoms with Gasteiger partial charge in [0.25, 0.3) is 0 Å². The van der Waals surface area contributed by atoms with Crippen LogP contribution < -0.4 is 5.32 Å². The fourth-order valence-electron chi connectivity index (χ4n) is 3.50. The van der Waals surface area contributed by atoms with Gasteiger partial charge in [-0.15, -0.1) is 0 Å². The van der Waals surface area contributed by atoms with E-state index in [0.717, 1.165) is 5.56 Å². The first kappa shape index (κ1) is 19.0. The quantitative estimate of drug-likeness (QED) is 0.771. The fourth-order valence-corrected chi connectivity index (χ4v) is 3.50. The van der Waals surface area contributed by atoms with E-state index in [9.17, 15) is 14.4 Å². The summed E-state index contributed by atoms with van der Waals surface area (Å²) in [4.78, 5) is 35.8. The van der Waals surface area contributed by atoms with E-state index >= 15 is 0 Å². The Morgan fingerprint density at radius 2 is 1.84 bits per heavy atom. The van der Waals surface area contributed by atoms with Crippen molar-refractivity contribution in [2.24, 2.45) is 16.7 Å². The molecule has 1 fully saturated rings. The zero-order valence-corrected chi connectivity index (χ0v) is 14.9. The van der Waals surface area contributed by atoms with Crippen molar-refractivity contribution >= 4 is 17.8 Å². The maximum absolute atomic E-state index is 12.6. The summed E-state index contributed by atoms with van der Waals surface area (Å²) in [6.45, 7) is 5.31. The van der Waals surface area contributed by atoms with Crippen LogP contribution in [0.2, 0.25) is 0 Å². The maximum Gasteiger partial charge on any atom is 0.322 e. The molecule has 0 saturated heterocycles. The van der Waals surface area contributed by atoms with Crippen LogP contribution in [0.1, 0.15) is 39.2 Å². The SMILES string of the molecule is CC1(C)[C@@H](C(=O)OCc2ccccc2)CC[C@@]1(C)C(=O)NCC(=O)O. The molecule has 2 N–H and O–H groups in total. The first-order valence-electron chi connectivity index (χ1n) is 8.39. The normalized spacial score (nSPS) is 24.5. The first-order valence-corrected chi connectivity index (χ1v) is 8.39. The standard InChI is InChI=1S/C19H25NO5/c1-18(2)14(16(23)25-12-13-7-5-4-6-8-13)9-10-19(18,3)17(24)20-11-15(21)22/h4-8,14H,9-12H2,1-3H3,(H,20,24)(H,21,22)/t14-,19+/m1/s1. The second-order valence-corrected chi connectivity index (χ2v) is 7.31. The van der Waals surface area contributed by atoms with Gasteiger partial charge in [0.05, 0.1) is 11.3 Å². The van der Waals surface area contributed by atoms with Gasteiger partial charge in [-0.1, -0.05) is 51.1 Å². The molecule has 2 rings (SSSR count). The Balaban J connectivity index is 2.04. The molecular weight excluding hydrogens is 322 g/mol. The molecule has 1 saturated carbocycles. The van der Waals surface area contributed by atoms with E-state index in [4.69, 9.17) is 9.84 Å². The highest BCUT2D eigenvalue weighted by Crippen LogP contribution is 2.56. The molecule has 6 nitrogen and oxygen atoms in total. The van der Waals surface area contributed by atoms with Gasteiger partial charge in [-0.05, 0) is 23.8 Å². The van der Waals surface area contributed by atoms with Crippen LogP contribution in [0.4, 0.5) is 0 Å². The van der Waals surface area contributed by atoms with E-state index in [2.05, 4.69) is 5.32 Å². The number of amides is 1. The van der Waals surface area contributed by atoms with E-state index in [1.54, 1.807) is 6.92 Å². The predicted molar refractivity (Wildman–Crippen MR) is 91.5 cm³/mol. The summed E-state index contributed by atoms with van der Waals surface area (Å²) in [6.07, 6.45) is 1.05. The number of carbonyl (C=O) groups excluding carboxylic acids is 2. The molecule has 1 aromatic carbocycles. The van der Waals surface area contributed by atoms with E-state index in [-0.39, 0.29) is 18.5 Å². The van der Waals surface area contributed by atoms with Crippen LogP contribution in [0, 0.1) is 16.7 Å². The molecule has 136 valence electrons. The summed E-state index contributed by atoms with van der Waals surface area (Å²) >= 11 is 0. The highest BCUT2D eigenvalue weighted by molar-refractivity contribution is 5.88. The third kappa shape index (κ3) is 3.83. The smallest absolute Gasteiger partial charge is 0.322 e. The summed E-state index contributed by atoms with van der Waals surface area (Å²) in [6, 6.07) is 9.43. The lowest BCUT2D eigenvalue weighted by Crippen LogP contribution is -2.49. The van der Waals surface area contributed by atoms with Crippen molar-refractivity contribution in [3.63, 3.8) is 0 Å². The summed E-state index contributed by atoms with van der Waals surface area (Å²) in [7, 11) is 0. The number of aliphatic carboxylic acids is 1. The van der Waals surface area contributed by atoms with Gasteiger partial charge in [-0.2, -0.15) is 0 Å². The molecule has 0 heterocycles. The van der Waals surface area contributed by atoms with Crippen LogP contribution >= 0.6 is 0 Å². The minimum atomic E-state index is -1.09. The number of hydrogen-bond acceptors (Lipinski definition) is 4. The van der Waals surface area contributed by atoms with Gasteiger partial charge < -0.3 is 15.2 Å². The van der Waals surface area contributed by atoms with E-state index in [0.29, 0.717) is 12.8 Å². The first-order chi connectivity index (χ1) is 11.7. The van der Waals surface area contributed by atoms with Crippen LogP contribution in [0.25, 0.3) is 0 Å². The third-order valence-electron chi connectivity index (χ3n) is 5.64. The van der Waals surface area contributed by atoms with Crippen molar-refractivity contribution in [1.29, 1.82) is 0 Å². The Morgan fingerprint density at radius 3 is 2.44 bits per heavy atom. The molecule has 0 aliphatic heterocycles. The number of nitrogens with one attached hydrogen (secondary N) is 1. The zero-order valence-electron chi connectivity index (χ0n) is 14.9. The summed E-state index contributed by atoms with van der Waals surface area (Å²) in [5.41, 5.74) is -0.545. The third-order valence-corrected chi connectivity index (χ3v) is 5.64. The molecule has 1 aromatic rings. The number of rotatable bonds is 6. The zero-order chi connectivity index (χ0) is 18.7. The average molecular weight is 347 g/mol. The lowest BCUT2D eigenvalue weighted by Gasteiger charge is -2.39. The topological polar surface area (TPSA) is 92.7 Å². The average Bonchev–Trinajstić information content (AvgIpc) is 2.82. The van der Waals surface area contributed by atoms with Crippen molar-refractivity contribution < 1.29 is 24.2 Å². The Labute approximate surface area is 147 Å². The lowest BCUT2D eigenvalue weighted by molar-refractivity contribution is -0.156. The molecule has 25 heavy (non-hydrogen) atoms. The largest absolute Gasteiger partial charge is 0.480 e. The van der Waals surface area contributed by atoms with Crippen LogP contribution in [0.5, 0.6) is 0 Å². The van der Waals surface area contributed by atoms with Gasteiger partial charge in [-0.25, -0.2) is 0 Å². The van der Waals surface area contributed by atoms with Crippen molar-refractivity contribution in [1.82, 2.24) is 5.32 Å². The maximum atomic E-state index is 12.6. The molecule has 0 radical (unpaired) electrons. The number of carboxylic acid groups (broad SMARTS) is 1. The summed E-state index contributed by atoms with van der Waals surface area (Å²) in [5.74, 6) is -2.15. The van der Waals surface area contributed by atoms with E-state index in [1.807, 2.05) is 44.2 Å². The van der Waals surface area contributed by atoms with Crippen LogP contribution in [-0.4, -0.2) is 29.5 Å². The van der Waals surface area contributed by atoms with E-state index < -0.39 is 29.3 Å². The molecule has 1 amide bonds. The summed E-state index contributed by atoms with van der Waals surface area (Å²) in [5, 5.41) is 11.2. The molecule has 0 bridgehead atoms. The van der Waals surface area contributed by atoms with Crippen molar-refractivity contribution in [3.05, 3.63) is 35.9 Å². The number of carboxylic acids is 1. The number of esters is 1. The molecule has 0 aromatic heterocycles. The van der Waals surface area contributed by atoms with Gasteiger partial charge in [0.1, 0.15) is 13.2 Å². The second-order valence-electron chi connectivity index (χ2n) is 7.31. The Morgan fingerprint density at radius 1 is 1.20 bits per heavy atom. The highest BCUT2D eigenvalue weighted by atomic mass is 16.5. The van der Waals surface area contributed by atoms with Crippen LogP contribution in [-0.2, 0) is 25.7 Å². The fraction of sp³-hybridized carbons (Fsp3) is 0.526. The van der Waals surface area contributed by atoms with Gasteiger partial charge in [0.2, 0.25) is 5.91 Å². The minimum Gasteiger partial charge on any atom is -0.480 e. The van der Waals surface area contributed by atoms with Crippen LogP contribution in [0.3, 0.4) is 0 Å². The van der Waals surface area contributed by atoms with Gasteiger partial charge >= 0.3 is 11.9 Å². The van der Waals surface area contributed by atoms with Crippen LogP contribution in [0.15, 0.2) is 30.3 Å². The molecule has 1 aliphatic rings. The summed E-state index contributed by atoms with van der Waals surface area (Å²) < 4.78 is 5.45. The van der Waals surface area contributed by atoms with Crippen molar-refractivity contribution in [2.75, 3.05) is 6.54 Å². The monoisotopic (exact) mass is 347 g/mol. The van der Waals surface area contributed by atoms with Gasteiger partial charge in [-0.3, -0.25) is 14.4 Å². The van der Waals surface area contributed by atoms with Crippen molar-refractivity contribution in [2.45, 2.75) is 40.2 Å². The van der Waals surface area contributed by atoms with Gasteiger partial charge in [0, 0.05) is 0 Å². The minimum absolute atomic E-state index is 0.203. The Hall–Kier alpha value is -2.37. The van der Waals surface area contributed by atoms with Crippen molar-refractivity contribution in [3.8, 4) is 0 Å².